The Balaban J connectivity index is 1.71. The van der Waals surface area contributed by atoms with Crippen molar-refractivity contribution in [3.8, 4) is 0 Å². The van der Waals surface area contributed by atoms with Gasteiger partial charge in [0.25, 0.3) is 0 Å². The molecule has 4 unspecified atom stereocenters. The Morgan fingerprint density at radius 1 is 1.25 bits per heavy atom. The van der Waals surface area contributed by atoms with Crippen molar-refractivity contribution in [1.82, 2.24) is 0 Å². The first kappa shape index (κ1) is 12.3. The Kier molecular flexibility index (Phi) is 4.62. The van der Waals surface area contributed by atoms with E-state index in [1.165, 1.54) is 12.8 Å². The largest absolute Gasteiger partial charge is 0.390 e. The van der Waals surface area contributed by atoms with Gasteiger partial charge in [-0.1, -0.05) is 6.92 Å². The molecule has 3 nitrogen and oxygen atoms in total. The van der Waals surface area contributed by atoms with Crippen LogP contribution in [0.25, 0.3) is 0 Å². The first-order valence-electron chi connectivity index (χ1n) is 6.67. The summed E-state index contributed by atoms with van der Waals surface area (Å²) >= 11 is 0. The molecule has 1 aliphatic carbocycles. The molecule has 16 heavy (non-hydrogen) atoms. The van der Waals surface area contributed by atoms with Gasteiger partial charge in [0.05, 0.1) is 24.9 Å². The van der Waals surface area contributed by atoms with Crippen LogP contribution in [0.15, 0.2) is 0 Å². The topological polar surface area (TPSA) is 38.7 Å². The summed E-state index contributed by atoms with van der Waals surface area (Å²) in [6.07, 6.45) is 6.58. The van der Waals surface area contributed by atoms with Gasteiger partial charge >= 0.3 is 0 Å². The van der Waals surface area contributed by atoms with E-state index in [-0.39, 0.29) is 18.3 Å². The minimum Gasteiger partial charge on any atom is -0.390 e. The summed E-state index contributed by atoms with van der Waals surface area (Å²) in [6, 6.07) is 0. The first-order chi connectivity index (χ1) is 7.75. The maximum absolute atomic E-state index is 9.85. The summed E-state index contributed by atoms with van der Waals surface area (Å²) in [5, 5.41) is 9.85. The third-order valence-corrected chi connectivity index (χ3v) is 3.79. The Morgan fingerprint density at radius 2 is 2.12 bits per heavy atom. The molecule has 1 saturated carbocycles. The Hall–Kier alpha value is -0.120. The number of hydrogen-bond acceptors (Lipinski definition) is 3. The molecule has 2 fully saturated rings. The van der Waals surface area contributed by atoms with Crippen molar-refractivity contribution in [2.24, 2.45) is 5.92 Å². The maximum Gasteiger partial charge on any atom is 0.0837 e. The predicted molar refractivity (Wildman–Crippen MR) is 62.4 cm³/mol. The third-order valence-electron chi connectivity index (χ3n) is 3.79. The van der Waals surface area contributed by atoms with Crippen molar-refractivity contribution in [3.63, 3.8) is 0 Å². The summed E-state index contributed by atoms with van der Waals surface area (Å²) in [5.74, 6) is 0.681. The first-order valence-corrected chi connectivity index (χ1v) is 6.67. The van der Waals surface area contributed by atoms with Gasteiger partial charge < -0.3 is 14.6 Å². The fourth-order valence-electron chi connectivity index (χ4n) is 2.66. The Labute approximate surface area is 98.1 Å². The molecule has 0 spiro atoms. The van der Waals surface area contributed by atoms with E-state index in [1.54, 1.807) is 0 Å². The highest BCUT2D eigenvalue weighted by molar-refractivity contribution is 4.79. The molecule has 94 valence electrons. The lowest BCUT2D eigenvalue weighted by Gasteiger charge is -2.33. The molecule has 0 radical (unpaired) electrons. The van der Waals surface area contributed by atoms with Crippen molar-refractivity contribution in [2.45, 2.75) is 63.8 Å². The second-order valence-corrected chi connectivity index (χ2v) is 5.35. The average molecular weight is 228 g/mol. The van der Waals surface area contributed by atoms with E-state index < -0.39 is 0 Å². The van der Waals surface area contributed by atoms with Crippen LogP contribution in [-0.4, -0.2) is 36.6 Å². The Morgan fingerprint density at radius 3 is 2.88 bits per heavy atom. The smallest absolute Gasteiger partial charge is 0.0837 e. The molecule has 3 heteroatoms. The highest BCUT2D eigenvalue weighted by Gasteiger charge is 2.28. The Bertz CT molecular complexity index is 201. The van der Waals surface area contributed by atoms with Gasteiger partial charge in [-0.15, -0.1) is 0 Å². The van der Waals surface area contributed by atoms with Crippen LogP contribution in [0.1, 0.15) is 45.4 Å². The van der Waals surface area contributed by atoms with E-state index in [1.807, 2.05) is 0 Å². The zero-order valence-electron chi connectivity index (χ0n) is 10.2. The van der Waals surface area contributed by atoms with Crippen LogP contribution in [0, 0.1) is 5.92 Å². The van der Waals surface area contributed by atoms with Crippen molar-refractivity contribution in [3.05, 3.63) is 0 Å². The highest BCUT2D eigenvalue weighted by atomic mass is 16.5. The fourth-order valence-corrected chi connectivity index (χ4v) is 2.66. The number of ether oxygens (including phenoxy) is 2. The molecule has 0 aromatic carbocycles. The number of aliphatic hydroxyl groups excluding tert-OH is 1. The van der Waals surface area contributed by atoms with E-state index in [0.717, 1.165) is 32.3 Å². The van der Waals surface area contributed by atoms with Gasteiger partial charge in [0, 0.05) is 6.61 Å². The molecule has 1 saturated heterocycles. The van der Waals surface area contributed by atoms with E-state index in [2.05, 4.69) is 6.92 Å². The number of aliphatic hydroxyl groups is 1. The summed E-state index contributed by atoms with van der Waals surface area (Å²) < 4.78 is 11.5. The molecular weight excluding hydrogens is 204 g/mol. The second kappa shape index (κ2) is 5.99. The number of hydrogen-bond donors (Lipinski definition) is 1. The normalized spacial score (nSPS) is 40.9. The van der Waals surface area contributed by atoms with Crippen LogP contribution in [-0.2, 0) is 9.47 Å². The lowest BCUT2D eigenvalue weighted by atomic mass is 9.86. The molecule has 1 N–H and O–H groups in total. The van der Waals surface area contributed by atoms with E-state index in [4.69, 9.17) is 9.47 Å². The predicted octanol–water partition coefficient (Wildman–Crippen LogP) is 2.12. The third kappa shape index (κ3) is 3.44. The van der Waals surface area contributed by atoms with Crippen LogP contribution < -0.4 is 0 Å². The SMILES string of the molecule is CC1CCC(O)C(OCC2CCCCO2)C1. The van der Waals surface area contributed by atoms with Gasteiger partial charge in [0.2, 0.25) is 0 Å². The van der Waals surface area contributed by atoms with Crippen molar-refractivity contribution >= 4 is 0 Å². The minimum atomic E-state index is -0.264. The molecular formula is C13H24O3. The summed E-state index contributed by atoms with van der Waals surface area (Å²) in [7, 11) is 0. The summed E-state index contributed by atoms with van der Waals surface area (Å²) in [5.41, 5.74) is 0. The molecule has 1 heterocycles. The average Bonchev–Trinajstić information content (AvgIpc) is 2.32. The molecule has 2 aliphatic rings. The quantitative estimate of drug-likeness (QED) is 0.804. The van der Waals surface area contributed by atoms with Crippen LogP contribution in [0.3, 0.4) is 0 Å². The van der Waals surface area contributed by atoms with E-state index in [0.29, 0.717) is 12.5 Å². The number of rotatable bonds is 3. The molecule has 0 amide bonds. The van der Waals surface area contributed by atoms with Gasteiger partial charge in [0.15, 0.2) is 0 Å². The van der Waals surface area contributed by atoms with Crippen LogP contribution >= 0.6 is 0 Å². The molecule has 0 aromatic heterocycles. The minimum absolute atomic E-state index is 0.0364. The van der Waals surface area contributed by atoms with Gasteiger partial charge in [-0.25, -0.2) is 0 Å². The molecule has 1 aliphatic heterocycles. The van der Waals surface area contributed by atoms with Crippen LogP contribution in [0.4, 0.5) is 0 Å². The molecule has 2 rings (SSSR count). The standard InChI is InChI=1S/C13H24O3/c1-10-5-6-12(14)13(8-10)16-9-11-4-2-3-7-15-11/h10-14H,2-9H2,1H3. The van der Waals surface area contributed by atoms with Crippen LogP contribution in [0.2, 0.25) is 0 Å². The van der Waals surface area contributed by atoms with Crippen molar-refractivity contribution in [1.29, 1.82) is 0 Å². The maximum atomic E-state index is 9.85. The van der Waals surface area contributed by atoms with Crippen molar-refractivity contribution in [2.75, 3.05) is 13.2 Å². The molecule has 0 bridgehead atoms. The molecule has 4 atom stereocenters. The highest BCUT2D eigenvalue weighted by Crippen LogP contribution is 2.26. The van der Waals surface area contributed by atoms with Gasteiger partial charge in [0.1, 0.15) is 0 Å². The van der Waals surface area contributed by atoms with Gasteiger partial charge in [-0.05, 0) is 44.4 Å². The fraction of sp³-hybridized carbons (Fsp3) is 1.00. The summed E-state index contributed by atoms with van der Waals surface area (Å²) in [6.45, 7) is 3.77. The molecule has 0 aromatic rings. The van der Waals surface area contributed by atoms with E-state index in [9.17, 15) is 5.11 Å². The summed E-state index contributed by atoms with van der Waals surface area (Å²) in [4.78, 5) is 0. The second-order valence-electron chi connectivity index (χ2n) is 5.35. The lowest BCUT2D eigenvalue weighted by molar-refractivity contribution is -0.111. The zero-order chi connectivity index (χ0) is 11.4. The zero-order valence-corrected chi connectivity index (χ0v) is 10.2. The monoisotopic (exact) mass is 228 g/mol. The lowest BCUT2D eigenvalue weighted by Crippen LogP contribution is -2.38. The van der Waals surface area contributed by atoms with Gasteiger partial charge in [-0.2, -0.15) is 0 Å². The van der Waals surface area contributed by atoms with Crippen LogP contribution in [0.5, 0.6) is 0 Å². The van der Waals surface area contributed by atoms with Gasteiger partial charge in [-0.3, -0.25) is 0 Å². The van der Waals surface area contributed by atoms with Crippen molar-refractivity contribution < 1.29 is 14.6 Å². The van der Waals surface area contributed by atoms with E-state index >= 15 is 0 Å².